The molecule has 4 aromatic rings. The molecule has 0 amide bonds. The zero-order valence-corrected chi connectivity index (χ0v) is 28.0. The van der Waals surface area contributed by atoms with Gasteiger partial charge in [-0.05, 0) is 96.4 Å². The Morgan fingerprint density at radius 3 is 1.79 bits per heavy atom. The highest BCUT2D eigenvalue weighted by Crippen LogP contribution is 2.52. The first kappa shape index (κ1) is 31.9. The third-order valence-electron chi connectivity index (χ3n) is 10.4. The molecular weight excluding hydrogens is 604 g/mol. The van der Waals surface area contributed by atoms with Crippen molar-refractivity contribution in [2.24, 2.45) is 0 Å². The van der Waals surface area contributed by atoms with Crippen molar-refractivity contribution in [1.82, 2.24) is 9.80 Å². The quantitative estimate of drug-likeness (QED) is 0.140. The molecule has 0 unspecified atom stereocenters. The van der Waals surface area contributed by atoms with Gasteiger partial charge in [-0.25, -0.2) is 0 Å². The highest BCUT2D eigenvalue weighted by Gasteiger charge is 2.36. The van der Waals surface area contributed by atoms with E-state index in [1.54, 1.807) is 26.0 Å². The summed E-state index contributed by atoms with van der Waals surface area (Å²) in [6.45, 7) is 5.60. The van der Waals surface area contributed by atoms with Crippen LogP contribution >= 0.6 is 0 Å². The Morgan fingerprint density at radius 1 is 0.688 bits per heavy atom. The first-order chi connectivity index (χ1) is 23.2. The second-order valence-corrected chi connectivity index (χ2v) is 13.2. The van der Waals surface area contributed by atoms with Crippen LogP contribution in [0.1, 0.15) is 72.2 Å². The molecule has 4 aliphatic rings. The van der Waals surface area contributed by atoms with Gasteiger partial charge < -0.3 is 19.7 Å². The number of benzene rings is 4. The molecule has 8 rings (SSSR count). The standard InChI is InChI=1S/C23H25NO4.C17H17NO2/c1-4-19(25)27-18-10-9-15-13-17-21-14(11-12-24(17)3)7-6-8-16(21)22(15)23(18)28-20(26)5-2;1-18-8-7-10-3-2-4-12-15(10)13(18)9-11-5-6-14(19)17(20)16(11)12/h6-10,17H,4-5,11-13H2,1-3H3;2-6,13,19-20H,7-9H2,1H3/t17-;13-/m11/s1. The van der Waals surface area contributed by atoms with Crippen molar-refractivity contribution in [2.75, 3.05) is 27.2 Å². The van der Waals surface area contributed by atoms with Crippen LogP contribution in [0.5, 0.6) is 23.0 Å². The summed E-state index contributed by atoms with van der Waals surface area (Å²) < 4.78 is 11.2. The maximum atomic E-state index is 12.2. The number of rotatable bonds is 4. The zero-order chi connectivity index (χ0) is 33.7. The number of likely N-dealkylation sites (N-methyl/N-ethyl adjacent to an activating group) is 2. The Hall–Kier alpha value is -4.66. The minimum Gasteiger partial charge on any atom is -0.504 e. The summed E-state index contributed by atoms with van der Waals surface area (Å²) in [5.41, 5.74) is 11.4. The molecule has 2 N–H and O–H groups in total. The number of hydrogen-bond acceptors (Lipinski definition) is 8. The Labute approximate surface area is 281 Å². The molecule has 0 aromatic heterocycles. The first-order valence-electron chi connectivity index (χ1n) is 17.0. The van der Waals surface area contributed by atoms with Crippen molar-refractivity contribution in [1.29, 1.82) is 0 Å². The molecule has 0 fully saturated rings. The van der Waals surface area contributed by atoms with Crippen LogP contribution in [0, 0.1) is 0 Å². The van der Waals surface area contributed by atoms with Gasteiger partial charge in [0.15, 0.2) is 23.0 Å². The van der Waals surface area contributed by atoms with Crippen LogP contribution < -0.4 is 9.47 Å². The van der Waals surface area contributed by atoms with Gasteiger partial charge in [-0.1, -0.05) is 62.4 Å². The fraction of sp³-hybridized carbons (Fsp3) is 0.350. The molecule has 2 aliphatic heterocycles. The van der Waals surface area contributed by atoms with Crippen LogP contribution in [-0.4, -0.2) is 59.1 Å². The number of fused-ring (bicyclic) bond motifs is 4. The Kier molecular flexibility index (Phi) is 8.48. The lowest BCUT2D eigenvalue weighted by Gasteiger charge is -2.40. The van der Waals surface area contributed by atoms with E-state index in [9.17, 15) is 19.8 Å². The van der Waals surface area contributed by atoms with E-state index in [0.29, 0.717) is 23.6 Å². The second-order valence-electron chi connectivity index (χ2n) is 13.2. The summed E-state index contributed by atoms with van der Waals surface area (Å²) in [4.78, 5) is 28.9. The van der Waals surface area contributed by atoms with E-state index in [1.165, 1.54) is 22.3 Å². The molecule has 4 aromatic carbocycles. The summed E-state index contributed by atoms with van der Waals surface area (Å²) in [6, 6.07) is 20.6. The van der Waals surface area contributed by atoms with E-state index in [2.05, 4.69) is 60.3 Å². The number of phenols is 2. The lowest BCUT2D eigenvalue weighted by atomic mass is 9.77. The fourth-order valence-corrected chi connectivity index (χ4v) is 7.89. The van der Waals surface area contributed by atoms with Gasteiger partial charge in [0.25, 0.3) is 0 Å². The summed E-state index contributed by atoms with van der Waals surface area (Å²) >= 11 is 0. The number of hydrogen-bond donors (Lipinski definition) is 2. The molecule has 8 nitrogen and oxygen atoms in total. The molecule has 0 radical (unpaired) electrons. The van der Waals surface area contributed by atoms with Crippen LogP contribution in [-0.2, 0) is 35.3 Å². The highest BCUT2D eigenvalue weighted by molar-refractivity contribution is 5.87. The van der Waals surface area contributed by atoms with Crippen molar-refractivity contribution < 1.29 is 29.3 Å². The van der Waals surface area contributed by atoms with Crippen molar-refractivity contribution in [3.8, 4) is 45.3 Å². The summed E-state index contributed by atoms with van der Waals surface area (Å²) in [5, 5.41) is 20.1. The van der Waals surface area contributed by atoms with Gasteiger partial charge in [-0.15, -0.1) is 0 Å². The van der Waals surface area contributed by atoms with Crippen LogP contribution in [0.4, 0.5) is 0 Å². The summed E-state index contributed by atoms with van der Waals surface area (Å²) in [6.07, 6.45) is 4.29. The van der Waals surface area contributed by atoms with Crippen molar-refractivity contribution >= 4 is 11.9 Å². The van der Waals surface area contributed by atoms with Crippen molar-refractivity contribution in [3.05, 3.63) is 94.0 Å². The zero-order valence-electron chi connectivity index (χ0n) is 28.0. The number of carbonyl (C=O) groups excluding carboxylic acids is 2. The Bertz CT molecular complexity index is 1930. The molecule has 0 saturated carbocycles. The number of carbonyl (C=O) groups is 2. The molecule has 2 heterocycles. The highest BCUT2D eigenvalue weighted by atomic mass is 16.6. The molecule has 2 atom stereocenters. The molecule has 8 heteroatoms. The molecular formula is C40H42N2O6. The van der Waals surface area contributed by atoms with Gasteiger partial charge in [-0.3, -0.25) is 19.4 Å². The van der Waals surface area contributed by atoms with E-state index >= 15 is 0 Å². The number of aromatic hydroxyl groups is 2. The number of nitrogens with zero attached hydrogens (tertiary/aromatic N) is 2. The molecule has 2 aliphatic carbocycles. The third-order valence-corrected chi connectivity index (χ3v) is 10.4. The molecule has 0 saturated heterocycles. The maximum Gasteiger partial charge on any atom is 0.311 e. The Balaban J connectivity index is 0.000000160. The van der Waals surface area contributed by atoms with Crippen molar-refractivity contribution in [2.45, 2.75) is 64.5 Å². The molecule has 0 bridgehead atoms. The van der Waals surface area contributed by atoms with Gasteiger partial charge in [0.05, 0.1) is 0 Å². The van der Waals surface area contributed by atoms with Crippen LogP contribution in [0.25, 0.3) is 22.3 Å². The maximum absolute atomic E-state index is 12.2. The normalized spacial score (nSPS) is 18.7. The number of ether oxygens (including phenoxy) is 2. The number of esters is 2. The molecule has 0 spiro atoms. The van der Waals surface area contributed by atoms with Gasteiger partial charge in [0.2, 0.25) is 0 Å². The molecule has 248 valence electrons. The van der Waals surface area contributed by atoms with E-state index in [-0.39, 0.29) is 36.3 Å². The van der Waals surface area contributed by atoms with Crippen molar-refractivity contribution in [3.63, 3.8) is 0 Å². The molecule has 48 heavy (non-hydrogen) atoms. The topological polar surface area (TPSA) is 99.5 Å². The van der Waals surface area contributed by atoms with Gasteiger partial charge in [0, 0.05) is 49.1 Å². The van der Waals surface area contributed by atoms with Gasteiger partial charge >= 0.3 is 11.9 Å². The Morgan fingerprint density at radius 2 is 1.21 bits per heavy atom. The first-order valence-corrected chi connectivity index (χ1v) is 17.0. The SMILES string of the molecule is CCC(=O)Oc1ccc2c(c1OC(=O)CC)-c1cccc3c1[C@@H](C2)N(C)CC3.CN1CCc2cccc3c2[C@H]1Cc1ccc(O)c(O)c1-3. The van der Waals surface area contributed by atoms with Crippen LogP contribution in [0.3, 0.4) is 0 Å². The van der Waals surface area contributed by atoms with E-state index in [1.807, 2.05) is 12.1 Å². The lowest BCUT2D eigenvalue weighted by molar-refractivity contribution is -0.136. The van der Waals surface area contributed by atoms with Gasteiger partial charge in [-0.2, -0.15) is 0 Å². The largest absolute Gasteiger partial charge is 0.504 e. The number of phenolic OH excluding ortho intramolecular Hbond substituents is 2. The predicted octanol–water partition coefficient (Wildman–Crippen LogP) is 6.92. The smallest absolute Gasteiger partial charge is 0.311 e. The van der Waals surface area contributed by atoms with E-state index in [4.69, 9.17) is 9.47 Å². The third kappa shape index (κ3) is 5.43. The monoisotopic (exact) mass is 646 g/mol. The summed E-state index contributed by atoms with van der Waals surface area (Å²) in [7, 11) is 4.32. The van der Waals surface area contributed by atoms with E-state index < -0.39 is 0 Å². The fourth-order valence-electron chi connectivity index (χ4n) is 7.89. The average Bonchev–Trinajstić information content (AvgIpc) is 3.10. The minimum absolute atomic E-state index is 0.0163. The van der Waals surface area contributed by atoms with Crippen LogP contribution in [0.15, 0.2) is 60.7 Å². The summed E-state index contributed by atoms with van der Waals surface area (Å²) in [5.74, 6) is -0.0334. The predicted molar refractivity (Wildman–Crippen MR) is 184 cm³/mol. The van der Waals surface area contributed by atoms with Gasteiger partial charge in [0.1, 0.15) is 0 Å². The second kappa shape index (κ2) is 12.7. The minimum atomic E-state index is -0.350. The van der Waals surface area contributed by atoms with Crippen LogP contribution in [0.2, 0.25) is 0 Å². The average molecular weight is 647 g/mol. The lowest BCUT2D eigenvalue weighted by Crippen LogP contribution is -2.35. The van der Waals surface area contributed by atoms with E-state index in [0.717, 1.165) is 72.2 Å².